The highest BCUT2D eigenvalue weighted by Gasteiger charge is 2.54. The van der Waals surface area contributed by atoms with Crippen LogP contribution in [0.2, 0.25) is 0 Å². The normalized spacial score (nSPS) is 19.4. The van der Waals surface area contributed by atoms with Gasteiger partial charge >= 0.3 is 18.1 Å². The van der Waals surface area contributed by atoms with Crippen molar-refractivity contribution in [3.05, 3.63) is 112 Å². The summed E-state index contributed by atoms with van der Waals surface area (Å²) >= 11 is 0. The number of benzene rings is 4. The molecule has 51 heavy (non-hydrogen) atoms. The number of halogens is 3. The SMILES string of the molecule is CC(Cc1ccc(S(=O)(=O)N2CCN(Cc3c(O)ccc4c3Oc3cc(O)ccc3[C@]43OC(=O)c4ccccc43)CC2)cc1)NC(=O)C(F)(F)F. The van der Waals surface area contributed by atoms with Gasteiger partial charge in [0.25, 0.3) is 0 Å². The van der Waals surface area contributed by atoms with E-state index in [9.17, 15) is 41.4 Å². The van der Waals surface area contributed by atoms with Crippen LogP contribution < -0.4 is 10.1 Å². The molecule has 1 fully saturated rings. The minimum Gasteiger partial charge on any atom is -0.508 e. The maximum atomic E-state index is 13.5. The monoisotopic (exact) mass is 723 g/mol. The number of hydrogen-bond donors (Lipinski definition) is 3. The fraction of sp³-hybridized carbons (Fsp3) is 0.278. The van der Waals surface area contributed by atoms with E-state index in [0.717, 1.165) is 0 Å². The number of rotatable bonds is 7. The minimum atomic E-state index is -5.00. The number of phenolic OH excluding ortho intramolecular Hbond substituents is 2. The second-order valence-corrected chi connectivity index (χ2v) is 14.7. The maximum Gasteiger partial charge on any atom is 0.471 e. The molecule has 0 bridgehead atoms. The van der Waals surface area contributed by atoms with Crippen LogP contribution in [0.15, 0.2) is 83.8 Å². The van der Waals surface area contributed by atoms with Crippen molar-refractivity contribution in [1.82, 2.24) is 14.5 Å². The Labute approximate surface area is 290 Å². The summed E-state index contributed by atoms with van der Waals surface area (Å²) < 4.78 is 78.6. The molecule has 3 heterocycles. The first-order valence-electron chi connectivity index (χ1n) is 16.1. The lowest BCUT2D eigenvalue weighted by atomic mass is 9.77. The van der Waals surface area contributed by atoms with E-state index in [1.165, 1.54) is 53.7 Å². The molecular formula is C36H32F3N3O8S. The third-order valence-corrected chi connectivity index (χ3v) is 11.3. The third-order valence-electron chi connectivity index (χ3n) is 9.39. The Morgan fingerprint density at radius 3 is 2.33 bits per heavy atom. The third kappa shape index (κ3) is 6.04. The molecule has 0 radical (unpaired) electrons. The molecule has 0 saturated carbocycles. The molecule has 3 aliphatic heterocycles. The van der Waals surface area contributed by atoms with Crippen LogP contribution in [0.4, 0.5) is 13.2 Å². The Morgan fingerprint density at radius 2 is 1.63 bits per heavy atom. The van der Waals surface area contributed by atoms with Crippen molar-refractivity contribution in [2.75, 3.05) is 26.2 Å². The summed E-state index contributed by atoms with van der Waals surface area (Å²) in [4.78, 5) is 26.4. The molecule has 4 aromatic carbocycles. The van der Waals surface area contributed by atoms with Crippen LogP contribution in [0.25, 0.3) is 0 Å². The molecule has 3 N–H and O–H groups in total. The number of aromatic hydroxyl groups is 2. The summed E-state index contributed by atoms with van der Waals surface area (Å²) in [6.45, 7) is 2.46. The lowest BCUT2D eigenvalue weighted by molar-refractivity contribution is -0.174. The molecule has 266 valence electrons. The summed E-state index contributed by atoms with van der Waals surface area (Å²) in [5.74, 6) is -2.19. The average Bonchev–Trinajstić information content (AvgIpc) is 3.38. The Balaban J connectivity index is 1.09. The summed E-state index contributed by atoms with van der Waals surface area (Å²) in [6, 6.07) is 19.7. The van der Waals surface area contributed by atoms with Gasteiger partial charge in [-0.2, -0.15) is 17.5 Å². The van der Waals surface area contributed by atoms with Crippen LogP contribution in [0.1, 0.15) is 45.1 Å². The van der Waals surface area contributed by atoms with Crippen LogP contribution >= 0.6 is 0 Å². The van der Waals surface area contributed by atoms with E-state index in [2.05, 4.69) is 0 Å². The number of piperazine rings is 1. The highest BCUT2D eigenvalue weighted by atomic mass is 32.2. The van der Waals surface area contributed by atoms with E-state index < -0.39 is 39.7 Å². The standard InChI is InChI=1S/C36H32F3N3O8S/c1-21(40-34(46)36(37,38)39)18-22-6-9-24(10-7-22)51(47,48)42-16-14-41(15-17-42)20-26-30(44)13-12-29-32(26)49-31-19-23(43)8-11-28(31)35(29)27-5-3-2-4-25(27)33(45)50-35/h2-13,19,21,43-44H,14-18,20H2,1H3,(H,40,46)/t21?,35-/m0/s1. The molecule has 1 saturated heterocycles. The summed E-state index contributed by atoms with van der Waals surface area (Å²) in [5.41, 5.74) is 1.54. The van der Waals surface area contributed by atoms with Gasteiger partial charge in [0.15, 0.2) is 5.60 Å². The second-order valence-electron chi connectivity index (χ2n) is 12.7. The van der Waals surface area contributed by atoms with Crippen molar-refractivity contribution in [2.24, 2.45) is 0 Å². The van der Waals surface area contributed by atoms with E-state index >= 15 is 0 Å². The summed E-state index contributed by atoms with van der Waals surface area (Å²) in [6.07, 6.45) is -4.92. The highest BCUT2D eigenvalue weighted by molar-refractivity contribution is 7.89. The average molecular weight is 724 g/mol. The molecule has 3 aliphatic rings. The van der Waals surface area contributed by atoms with Gasteiger partial charge in [0.2, 0.25) is 10.0 Å². The van der Waals surface area contributed by atoms with E-state index in [0.29, 0.717) is 46.5 Å². The van der Waals surface area contributed by atoms with E-state index in [1.807, 2.05) is 10.2 Å². The van der Waals surface area contributed by atoms with Gasteiger partial charge in [0.05, 0.1) is 16.0 Å². The predicted molar refractivity (Wildman–Crippen MR) is 176 cm³/mol. The van der Waals surface area contributed by atoms with Crippen LogP contribution in [-0.4, -0.2) is 78.1 Å². The zero-order chi connectivity index (χ0) is 36.3. The summed E-state index contributed by atoms with van der Waals surface area (Å²) in [7, 11) is -3.91. The van der Waals surface area contributed by atoms with Gasteiger partial charge in [-0.3, -0.25) is 9.69 Å². The van der Waals surface area contributed by atoms with Gasteiger partial charge in [0.1, 0.15) is 23.0 Å². The molecule has 1 amide bonds. The highest BCUT2D eigenvalue weighted by Crippen LogP contribution is 2.58. The van der Waals surface area contributed by atoms with Gasteiger partial charge < -0.3 is 25.0 Å². The van der Waals surface area contributed by atoms with Gasteiger partial charge in [0, 0.05) is 61.5 Å². The first-order chi connectivity index (χ1) is 24.2. The molecule has 7 rings (SSSR count). The molecule has 11 nitrogen and oxygen atoms in total. The number of nitrogens with one attached hydrogen (secondary N) is 1. The van der Waals surface area contributed by atoms with Crippen molar-refractivity contribution < 1.29 is 50.9 Å². The quantitative estimate of drug-likeness (QED) is 0.230. The largest absolute Gasteiger partial charge is 0.508 e. The molecule has 0 aromatic heterocycles. The number of nitrogens with zero attached hydrogens (tertiary/aromatic N) is 2. The fourth-order valence-corrected chi connectivity index (χ4v) is 8.35. The smallest absolute Gasteiger partial charge is 0.471 e. The molecule has 2 atom stereocenters. The number of carbonyl (C=O) groups is 2. The van der Waals surface area contributed by atoms with E-state index in [1.54, 1.807) is 36.4 Å². The first-order valence-corrected chi connectivity index (χ1v) is 17.5. The number of carbonyl (C=O) groups excluding carboxylic acids is 2. The lowest BCUT2D eigenvalue weighted by Crippen LogP contribution is -2.48. The fourth-order valence-electron chi connectivity index (χ4n) is 6.93. The number of alkyl halides is 3. The topological polar surface area (TPSA) is 146 Å². The van der Waals surface area contributed by atoms with Gasteiger partial charge in [-0.15, -0.1) is 0 Å². The molecule has 1 spiro atoms. The van der Waals surface area contributed by atoms with Crippen LogP contribution in [0, 0.1) is 0 Å². The van der Waals surface area contributed by atoms with Gasteiger partial charge in [-0.1, -0.05) is 30.3 Å². The first kappa shape index (κ1) is 34.3. The molecular weight excluding hydrogens is 691 g/mol. The van der Waals surface area contributed by atoms with E-state index in [4.69, 9.17) is 9.47 Å². The van der Waals surface area contributed by atoms with Gasteiger partial charge in [-0.25, -0.2) is 13.2 Å². The Hall–Kier alpha value is -5.12. The Morgan fingerprint density at radius 1 is 0.941 bits per heavy atom. The molecule has 1 unspecified atom stereocenters. The zero-order valence-corrected chi connectivity index (χ0v) is 27.9. The van der Waals surface area contributed by atoms with Crippen LogP contribution in [-0.2, 0) is 38.1 Å². The second kappa shape index (κ2) is 12.6. The number of fused-ring (bicyclic) bond motifs is 6. The predicted octanol–water partition coefficient (Wildman–Crippen LogP) is 4.78. The van der Waals surface area contributed by atoms with Crippen molar-refractivity contribution in [2.45, 2.75) is 42.6 Å². The number of phenols is 2. The zero-order valence-electron chi connectivity index (χ0n) is 27.1. The molecule has 15 heteroatoms. The number of ether oxygens (including phenoxy) is 2. The minimum absolute atomic E-state index is 0.0217. The van der Waals surface area contributed by atoms with Crippen molar-refractivity contribution in [1.29, 1.82) is 0 Å². The molecule has 0 aliphatic carbocycles. The maximum absolute atomic E-state index is 13.5. The molecule has 4 aromatic rings. The Bertz CT molecular complexity index is 2150. The van der Waals surface area contributed by atoms with Crippen molar-refractivity contribution >= 4 is 21.9 Å². The number of amides is 1. The van der Waals surface area contributed by atoms with Gasteiger partial charge in [-0.05, 0) is 61.4 Å². The van der Waals surface area contributed by atoms with E-state index in [-0.39, 0.29) is 53.9 Å². The Kier molecular flexibility index (Phi) is 8.47. The van der Waals surface area contributed by atoms with Crippen LogP contribution in [0.3, 0.4) is 0 Å². The number of sulfonamides is 1. The lowest BCUT2D eigenvalue weighted by Gasteiger charge is -2.38. The number of esters is 1. The number of hydrogen-bond acceptors (Lipinski definition) is 9. The van der Waals surface area contributed by atoms with Crippen molar-refractivity contribution in [3.63, 3.8) is 0 Å². The summed E-state index contributed by atoms with van der Waals surface area (Å²) in [5, 5.41) is 23.3. The van der Waals surface area contributed by atoms with Crippen molar-refractivity contribution in [3.8, 4) is 23.0 Å². The van der Waals surface area contributed by atoms with Crippen LogP contribution in [0.5, 0.6) is 23.0 Å².